The van der Waals surface area contributed by atoms with Gasteiger partial charge in [0.2, 0.25) is 10.0 Å². The van der Waals surface area contributed by atoms with Crippen LogP contribution in [0.3, 0.4) is 0 Å². The Kier molecular flexibility index (Phi) is 6.52. The number of rotatable bonds is 7. The molecule has 1 saturated heterocycles. The van der Waals surface area contributed by atoms with E-state index < -0.39 is 10.0 Å². The highest BCUT2D eigenvalue weighted by atomic mass is 32.2. The summed E-state index contributed by atoms with van der Waals surface area (Å²) in [5.74, 6) is 0.685. The highest BCUT2D eigenvalue weighted by Gasteiger charge is 2.25. The number of nitrogens with one attached hydrogen (secondary N) is 1. The van der Waals surface area contributed by atoms with Crippen LogP contribution in [0.15, 0.2) is 53.4 Å². The number of nitrogens with zero attached hydrogens (tertiary/aromatic N) is 1. The fourth-order valence-corrected chi connectivity index (χ4v) is 4.78. The Morgan fingerprint density at radius 2 is 1.78 bits per heavy atom. The van der Waals surface area contributed by atoms with E-state index in [0.717, 1.165) is 37.1 Å². The lowest BCUT2D eigenvalue weighted by atomic mass is 10.0. The maximum Gasteiger partial charge on any atom is 0.240 e. The Morgan fingerprint density at radius 1 is 1.07 bits per heavy atom. The summed E-state index contributed by atoms with van der Waals surface area (Å²) >= 11 is 0. The summed E-state index contributed by atoms with van der Waals surface area (Å²) in [5, 5.41) is 0. The molecule has 0 radical (unpaired) electrons. The van der Waals surface area contributed by atoms with Crippen molar-refractivity contribution in [3.05, 3.63) is 59.7 Å². The lowest BCUT2D eigenvalue weighted by molar-refractivity contribution is 0.164. The molecule has 0 amide bonds. The second kappa shape index (κ2) is 8.87. The summed E-state index contributed by atoms with van der Waals surface area (Å²) in [6.45, 7) is 4.21. The number of aryl methyl sites for hydroxylation is 1. The van der Waals surface area contributed by atoms with Crippen LogP contribution in [0.5, 0.6) is 5.75 Å². The standard InChI is InChI=1S/C21H28N2O3S/c1-17-15-19(11-12-21(17)26-2)27(24,25)22-16-20(18-9-5-3-6-10-18)23-13-7-4-8-14-23/h3,5-6,9-12,15,20,22H,4,7-8,13-14,16H2,1-2H3. The van der Waals surface area contributed by atoms with Gasteiger partial charge in [-0.1, -0.05) is 36.8 Å². The molecule has 3 rings (SSSR count). The van der Waals surface area contributed by atoms with Crippen LogP contribution in [0.2, 0.25) is 0 Å². The Hall–Kier alpha value is -1.89. The van der Waals surface area contributed by atoms with Gasteiger partial charge in [-0.2, -0.15) is 0 Å². The molecule has 0 spiro atoms. The Balaban J connectivity index is 1.78. The van der Waals surface area contributed by atoms with Crippen LogP contribution in [-0.4, -0.2) is 40.1 Å². The second-order valence-corrected chi connectivity index (χ2v) is 8.77. The number of hydrogen-bond acceptors (Lipinski definition) is 4. The van der Waals surface area contributed by atoms with Crippen molar-refractivity contribution in [1.82, 2.24) is 9.62 Å². The number of piperidine rings is 1. The van der Waals surface area contributed by atoms with Gasteiger partial charge in [-0.25, -0.2) is 13.1 Å². The zero-order chi connectivity index (χ0) is 19.3. The molecule has 6 heteroatoms. The van der Waals surface area contributed by atoms with Crippen LogP contribution < -0.4 is 9.46 Å². The van der Waals surface area contributed by atoms with Crippen LogP contribution >= 0.6 is 0 Å². The summed E-state index contributed by atoms with van der Waals surface area (Å²) in [6.07, 6.45) is 3.57. The van der Waals surface area contributed by atoms with E-state index in [1.54, 1.807) is 25.3 Å². The second-order valence-electron chi connectivity index (χ2n) is 7.01. The van der Waals surface area contributed by atoms with E-state index in [1.807, 2.05) is 25.1 Å². The number of sulfonamides is 1. The topological polar surface area (TPSA) is 58.6 Å². The maximum absolute atomic E-state index is 12.8. The molecule has 1 N–H and O–H groups in total. The van der Waals surface area contributed by atoms with Crippen molar-refractivity contribution < 1.29 is 13.2 Å². The van der Waals surface area contributed by atoms with Crippen molar-refractivity contribution in [1.29, 1.82) is 0 Å². The van der Waals surface area contributed by atoms with Gasteiger partial charge in [0.05, 0.1) is 12.0 Å². The molecule has 146 valence electrons. The van der Waals surface area contributed by atoms with E-state index in [4.69, 9.17) is 4.74 Å². The highest BCUT2D eigenvalue weighted by molar-refractivity contribution is 7.89. The van der Waals surface area contributed by atoms with E-state index in [-0.39, 0.29) is 10.9 Å². The van der Waals surface area contributed by atoms with Gasteiger partial charge in [0, 0.05) is 12.6 Å². The minimum atomic E-state index is -3.58. The number of benzene rings is 2. The van der Waals surface area contributed by atoms with E-state index >= 15 is 0 Å². The number of likely N-dealkylation sites (tertiary alicyclic amines) is 1. The van der Waals surface area contributed by atoms with Gasteiger partial charge in [0.1, 0.15) is 5.75 Å². The normalized spacial score (nSPS) is 16.8. The fourth-order valence-electron chi connectivity index (χ4n) is 3.65. The quantitative estimate of drug-likeness (QED) is 0.789. The van der Waals surface area contributed by atoms with Gasteiger partial charge in [-0.15, -0.1) is 0 Å². The number of hydrogen-bond donors (Lipinski definition) is 1. The minimum Gasteiger partial charge on any atom is -0.496 e. The van der Waals surface area contributed by atoms with E-state index in [9.17, 15) is 8.42 Å². The third-order valence-corrected chi connectivity index (χ3v) is 6.58. The third-order valence-electron chi connectivity index (χ3n) is 5.16. The highest BCUT2D eigenvalue weighted by Crippen LogP contribution is 2.25. The molecule has 2 aromatic rings. The maximum atomic E-state index is 12.8. The van der Waals surface area contributed by atoms with Crippen molar-refractivity contribution in [3.63, 3.8) is 0 Å². The average Bonchev–Trinajstić information content (AvgIpc) is 2.69. The monoisotopic (exact) mass is 388 g/mol. The fraction of sp³-hybridized carbons (Fsp3) is 0.429. The van der Waals surface area contributed by atoms with Crippen LogP contribution in [0.25, 0.3) is 0 Å². The Bertz CT molecular complexity index is 847. The number of methoxy groups -OCH3 is 1. The largest absolute Gasteiger partial charge is 0.496 e. The van der Waals surface area contributed by atoms with Crippen molar-refractivity contribution in [2.75, 3.05) is 26.7 Å². The molecule has 1 heterocycles. The molecule has 0 bridgehead atoms. The zero-order valence-corrected chi connectivity index (χ0v) is 16.8. The molecule has 5 nitrogen and oxygen atoms in total. The molecule has 0 saturated carbocycles. The first-order valence-corrected chi connectivity index (χ1v) is 10.9. The Morgan fingerprint density at radius 3 is 2.41 bits per heavy atom. The summed E-state index contributed by atoms with van der Waals surface area (Å²) in [7, 11) is -2.00. The van der Waals surface area contributed by atoms with Crippen LogP contribution in [0.4, 0.5) is 0 Å². The summed E-state index contributed by atoms with van der Waals surface area (Å²) in [4.78, 5) is 2.66. The number of ether oxygens (including phenoxy) is 1. The van der Waals surface area contributed by atoms with E-state index in [1.165, 1.54) is 6.42 Å². The molecule has 1 aliphatic rings. The smallest absolute Gasteiger partial charge is 0.240 e. The molecule has 1 fully saturated rings. The van der Waals surface area contributed by atoms with Crippen molar-refractivity contribution in [2.24, 2.45) is 0 Å². The van der Waals surface area contributed by atoms with Gasteiger partial charge in [-0.05, 0) is 62.2 Å². The predicted octanol–water partition coefficient (Wildman–Crippen LogP) is 3.51. The van der Waals surface area contributed by atoms with Gasteiger partial charge in [-0.3, -0.25) is 4.90 Å². The average molecular weight is 389 g/mol. The van der Waals surface area contributed by atoms with Crippen LogP contribution in [0.1, 0.15) is 36.4 Å². The molecule has 1 unspecified atom stereocenters. The molecule has 0 aliphatic carbocycles. The molecule has 1 atom stereocenters. The van der Waals surface area contributed by atoms with Gasteiger partial charge in [0.25, 0.3) is 0 Å². The zero-order valence-electron chi connectivity index (χ0n) is 16.0. The lowest BCUT2D eigenvalue weighted by Gasteiger charge is -2.35. The van der Waals surface area contributed by atoms with Crippen molar-refractivity contribution >= 4 is 10.0 Å². The predicted molar refractivity (Wildman–Crippen MR) is 108 cm³/mol. The Labute approximate surface area is 162 Å². The van der Waals surface area contributed by atoms with Gasteiger partial charge < -0.3 is 4.74 Å². The first kappa shape index (κ1) is 19.9. The van der Waals surface area contributed by atoms with Crippen molar-refractivity contribution in [2.45, 2.75) is 37.1 Å². The van der Waals surface area contributed by atoms with E-state index in [2.05, 4.69) is 21.8 Å². The molecule has 0 aromatic heterocycles. The first-order valence-electron chi connectivity index (χ1n) is 9.44. The summed E-state index contributed by atoms with van der Waals surface area (Å²) in [6, 6.07) is 15.1. The summed E-state index contributed by atoms with van der Waals surface area (Å²) in [5.41, 5.74) is 1.95. The minimum absolute atomic E-state index is 0.0422. The van der Waals surface area contributed by atoms with E-state index in [0.29, 0.717) is 12.3 Å². The molecule has 1 aliphatic heterocycles. The lowest BCUT2D eigenvalue weighted by Crippen LogP contribution is -2.40. The molecule has 27 heavy (non-hydrogen) atoms. The van der Waals surface area contributed by atoms with Crippen LogP contribution in [0, 0.1) is 6.92 Å². The first-order chi connectivity index (χ1) is 13.0. The molecular weight excluding hydrogens is 360 g/mol. The van der Waals surface area contributed by atoms with Crippen molar-refractivity contribution in [3.8, 4) is 5.75 Å². The molecule has 2 aromatic carbocycles. The van der Waals surface area contributed by atoms with Gasteiger partial charge >= 0.3 is 0 Å². The van der Waals surface area contributed by atoms with Gasteiger partial charge in [0.15, 0.2) is 0 Å². The molecular formula is C21H28N2O3S. The summed E-state index contributed by atoms with van der Waals surface area (Å²) < 4.78 is 33.7. The third kappa shape index (κ3) is 4.89. The SMILES string of the molecule is COc1ccc(S(=O)(=O)NCC(c2ccccc2)N2CCCCC2)cc1C. The van der Waals surface area contributed by atoms with Crippen LogP contribution in [-0.2, 0) is 10.0 Å².